The molecule has 0 saturated heterocycles. The third kappa shape index (κ3) is 3.72. The summed E-state index contributed by atoms with van der Waals surface area (Å²) in [6, 6.07) is -0.428. The lowest BCUT2D eigenvalue weighted by Gasteiger charge is -2.22. The molecular formula is C11H20N2O3. The Balaban J connectivity index is 2.49. The quantitative estimate of drug-likeness (QED) is 0.679. The first-order valence-corrected chi connectivity index (χ1v) is 5.80. The van der Waals surface area contributed by atoms with Crippen LogP contribution in [0.1, 0.15) is 39.5 Å². The first kappa shape index (κ1) is 12.8. The third-order valence-corrected chi connectivity index (χ3v) is 2.93. The molecule has 16 heavy (non-hydrogen) atoms. The van der Waals surface area contributed by atoms with Gasteiger partial charge in [-0.25, -0.2) is 4.79 Å². The molecule has 1 fully saturated rings. The molecular weight excluding hydrogens is 208 g/mol. The van der Waals surface area contributed by atoms with E-state index in [1.165, 1.54) is 0 Å². The van der Waals surface area contributed by atoms with Crippen molar-refractivity contribution in [2.45, 2.75) is 51.6 Å². The van der Waals surface area contributed by atoms with Gasteiger partial charge in [0.05, 0.1) is 0 Å². The van der Waals surface area contributed by atoms with Crippen LogP contribution in [-0.4, -0.2) is 29.2 Å². The number of carbonyl (C=O) groups excluding carboxylic acids is 1. The maximum Gasteiger partial charge on any atom is 0.405 e. The summed E-state index contributed by atoms with van der Waals surface area (Å²) in [5, 5.41) is 13.8. The lowest BCUT2D eigenvalue weighted by Crippen LogP contribution is -2.51. The van der Waals surface area contributed by atoms with Crippen molar-refractivity contribution in [1.29, 1.82) is 0 Å². The van der Waals surface area contributed by atoms with E-state index in [0.717, 1.165) is 25.7 Å². The Morgan fingerprint density at radius 2 is 1.81 bits per heavy atom. The molecule has 1 atom stereocenters. The van der Waals surface area contributed by atoms with E-state index < -0.39 is 12.1 Å². The van der Waals surface area contributed by atoms with Crippen LogP contribution in [-0.2, 0) is 4.79 Å². The molecule has 0 aromatic rings. The summed E-state index contributed by atoms with van der Waals surface area (Å²) < 4.78 is 0. The molecule has 0 aromatic heterocycles. The molecule has 1 rings (SSSR count). The molecule has 1 unspecified atom stereocenters. The predicted octanol–water partition coefficient (Wildman–Crippen LogP) is 1.34. The highest BCUT2D eigenvalue weighted by Gasteiger charge is 2.26. The number of amides is 2. The lowest BCUT2D eigenvalue weighted by atomic mass is 10.0. The summed E-state index contributed by atoms with van der Waals surface area (Å²) in [5.74, 6) is -0.248. The van der Waals surface area contributed by atoms with Crippen LogP contribution in [0.15, 0.2) is 0 Å². The minimum atomic E-state index is -1.15. The molecule has 5 heteroatoms. The molecule has 0 aromatic carbocycles. The molecule has 0 bridgehead atoms. The van der Waals surface area contributed by atoms with Gasteiger partial charge in [0.15, 0.2) is 0 Å². The van der Waals surface area contributed by atoms with Crippen LogP contribution in [0.3, 0.4) is 0 Å². The normalized spacial score (nSPS) is 18.4. The number of hydrogen-bond donors (Lipinski definition) is 3. The van der Waals surface area contributed by atoms with Crippen molar-refractivity contribution in [1.82, 2.24) is 10.6 Å². The van der Waals surface area contributed by atoms with Crippen molar-refractivity contribution < 1.29 is 14.7 Å². The number of carbonyl (C=O) groups is 2. The smallest absolute Gasteiger partial charge is 0.405 e. The summed E-state index contributed by atoms with van der Waals surface area (Å²) in [5.41, 5.74) is 0. The fourth-order valence-electron chi connectivity index (χ4n) is 2.03. The van der Waals surface area contributed by atoms with Gasteiger partial charge in [-0.2, -0.15) is 0 Å². The highest BCUT2D eigenvalue weighted by molar-refractivity contribution is 5.85. The van der Waals surface area contributed by atoms with E-state index in [4.69, 9.17) is 5.11 Å². The standard InChI is InChI=1S/C11H20N2O3/c1-7(2)9(13-11(15)16)10(14)12-8-5-3-4-6-8/h7-9,13H,3-6H2,1-2H3,(H,12,14)(H,15,16). The molecule has 0 heterocycles. The Bertz CT molecular complexity index is 260. The number of nitrogens with one attached hydrogen (secondary N) is 2. The highest BCUT2D eigenvalue weighted by atomic mass is 16.4. The minimum absolute atomic E-state index is 0.0440. The molecule has 2 amide bonds. The average molecular weight is 228 g/mol. The Morgan fingerprint density at radius 3 is 2.25 bits per heavy atom. The van der Waals surface area contributed by atoms with E-state index in [2.05, 4.69) is 10.6 Å². The van der Waals surface area contributed by atoms with Gasteiger partial charge < -0.3 is 15.7 Å². The van der Waals surface area contributed by atoms with E-state index in [1.807, 2.05) is 13.8 Å². The predicted molar refractivity (Wildman–Crippen MR) is 60.2 cm³/mol. The van der Waals surface area contributed by atoms with Crippen LogP contribution in [0.5, 0.6) is 0 Å². The topological polar surface area (TPSA) is 78.4 Å². The van der Waals surface area contributed by atoms with Crippen molar-refractivity contribution in [3.05, 3.63) is 0 Å². The van der Waals surface area contributed by atoms with Crippen molar-refractivity contribution in [3.8, 4) is 0 Å². The van der Waals surface area contributed by atoms with Crippen molar-refractivity contribution in [2.75, 3.05) is 0 Å². The zero-order valence-corrected chi connectivity index (χ0v) is 9.82. The summed E-state index contributed by atoms with van der Waals surface area (Å²) in [6.07, 6.45) is 3.14. The SMILES string of the molecule is CC(C)C(NC(=O)O)C(=O)NC1CCCC1. The van der Waals surface area contributed by atoms with Gasteiger partial charge in [0.1, 0.15) is 6.04 Å². The van der Waals surface area contributed by atoms with Gasteiger partial charge in [0.25, 0.3) is 0 Å². The van der Waals surface area contributed by atoms with E-state index in [9.17, 15) is 9.59 Å². The van der Waals surface area contributed by atoms with Crippen molar-refractivity contribution >= 4 is 12.0 Å². The highest BCUT2D eigenvalue weighted by Crippen LogP contribution is 2.18. The zero-order valence-electron chi connectivity index (χ0n) is 9.82. The number of carboxylic acid groups (broad SMARTS) is 1. The van der Waals surface area contributed by atoms with Crippen LogP contribution in [0.25, 0.3) is 0 Å². The first-order valence-electron chi connectivity index (χ1n) is 5.80. The van der Waals surface area contributed by atoms with Crippen LogP contribution in [0.2, 0.25) is 0 Å². The number of hydrogen-bond acceptors (Lipinski definition) is 2. The van der Waals surface area contributed by atoms with E-state index in [0.29, 0.717) is 0 Å². The van der Waals surface area contributed by atoms with Crippen LogP contribution in [0, 0.1) is 5.92 Å². The molecule has 1 aliphatic rings. The first-order chi connectivity index (χ1) is 7.50. The van der Waals surface area contributed by atoms with Gasteiger partial charge in [0.2, 0.25) is 5.91 Å². The zero-order chi connectivity index (χ0) is 12.1. The molecule has 5 nitrogen and oxygen atoms in total. The van der Waals surface area contributed by atoms with E-state index in [1.54, 1.807) is 0 Å². The maximum atomic E-state index is 11.8. The van der Waals surface area contributed by atoms with Crippen molar-refractivity contribution in [2.24, 2.45) is 5.92 Å². The fourth-order valence-corrected chi connectivity index (χ4v) is 2.03. The third-order valence-electron chi connectivity index (χ3n) is 2.93. The van der Waals surface area contributed by atoms with Gasteiger partial charge in [-0.05, 0) is 18.8 Å². The molecule has 0 radical (unpaired) electrons. The van der Waals surface area contributed by atoms with Crippen LogP contribution >= 0.6 is 0 Å². The van der Waals surface area contributed by atoms with Crippen molar-refractivity contribution in [3.63, 3.8) is 0 Å². The van der Waals surface area contributed by atoms with Crippen LogP contribution < -0.4 is 10.6 Å². The molecule has 1 saturated carbocycles. The van der Waals surface area contributed by atoms with Gasteiger partial charge in [-0.15, -0.1) is 0 Å². The fraction of sp³-hybridized carbons (Fsp3) is 0.818. The summed E-state index contributed by atoms with van der Waals surface area (Å²) in [6.45, 7) is 3.66. The summed E-state index contributed by atoms with van der Waals surface area (Å²) in [7, 11) is 0. The van der Waals surface area contributed by atoms with E-state index >= 15 is 0 Å². The molecule has 92 valence electrons. The van der Waals surface area contributed by atoms with Gasteiger partial charge >= 0.3 is 6.09 Å². The molecule has 0 spiro atoms. The monoisotopic (exact) mass is 228 g/mol. The van der Waals surface area contributed by atoms with Gasteiger partial charge in [-0.3, -0.25) is 4.79 Å². The molecule has 0 aliphatic heterocycles. The van der Waals surface area contributed by atoms with Gasteiger partial charge in [0, 0.05) is 6.04 Å². The second-order valence-electron chi connectivity index (χ2n) is 4.66. The molecule has 1 aliphatic carbocycles. The number of rotatable bonds is 4. The van der Waals surface area contributed by atoms with Crippen LogP contribution in [0.4, 0.5) is 4.79 Å². The average Bonchev–Trinajstić information content (AvgIpc) is 2.65. The lowest BCUT2D eigenvalue weighted by molar-refractivity contribution is -0.124. The Hall–Kier alpha value is -1.26. The summed E-state index contributed by atoms with van der Waals surface area (Å²) >= 11 is 0. The maximum absolute atomic E-state index is 11.8. The van der Waals surface area contributed by atoms with E-state index in [-0.39, 0.29) is 17.9 Å². The largest absolute Gasteiger partial charge is 0.465 e. The Kier molecular flexibility index (Phi) is 4.58. The summed E-state index contributed by atoms with van der Waals surface area (Å²) in [4.78, 5) is 22.4. The Labute approximate surface area is 95.6 Å². The minimum Gasteiger partial charge on any atom is -0.465 e. The second-order valence-corrected chi connectivity index (χ2v) is 4.66. The second kappa shape index (κ2) is 5.72. The van der Waals surface area contributed by atoms with Gasteiger partial charge in [-0.1, -0.05) is 26.7 Å². The molecule has 3 N–H and O–H groups in total. The Morgan fingerprint density at radius 1 is 1.25 bits per heavy atom.